The van der Waals surface area contributed by atoms with Crippen LogP contribution in [0.25, 0.3) is 0 Å². The van der Waals surface area contributed by atoms with E-state index >= 15 is 0 Å². The summed E-state index contributed by atoms with van der Waals surface area (Å²) in [5.41, 5.74) is 7.34. The van der Waals surface area contributed by atoms with Gasteiger partial charge >= 0.3 is 0 Å². The van der Waals surface area contributed by atoms with Crippen molar-refractivity contribution in [1.29, 1.82) is 0 Å². The van der Waals surface area contributed by atoms with Crippen molar-refractivity contribution in [3.63, 3.8) is 0 Å². The molecule has 116 valence electrons. The zero-order chi connectivity index (χ0) is 14.8. The van der Waals surface area contributed by atoms with E-state index in [1.165, 1.54) is 18.4 Å². The van der Waals surface area contributed by atoms with Crippen LogP contribution < -0.4 is 15.2 Å². The van der Waals surface area contributed by atoms with Gasteiger partial charge in [-0.1, -0.05) is 13.0 Å². The average Bonchev–Trinajstić information content (AvgIpc) is 2.51. The van der Waals surface area contributed by atoms with Gasteiger partial charge in [-0.05, 0) is 43.4 Å². The summed E-state index contributed by atoms with van der Waals surface area (Å²) in [4.78, 5) is 2.56. The lowest BCUT2D eigenvalue weighted by Crippen LogP contribution is -2.45. The number of rotatable bonds is 3. The smallest absolute Gasteiger partial charge is 0.161 e. The lowest BCUT2D eigenvalue weighted by molar-refractivity contribution is 0.0794. The highest BCUT2D eigenvalue weighted by atomic mass is 16.6. The minimum Gasteiger partial charge on any atom is -0.486 e. The lowest BCUT2D eigenvalue weighted by atomic mass is 9.91. The molecule has 2 N–H and O–H groups in total. The zero-order valence-corrected chi connectivity index (χ0v) is 13.0. The number of likely N-dealkylation sites (tertiary alicyclic amines) is 1. The molecule has 1 aromatic carbocycles. The van der Waals surface area contributed by atoms with E-state index in [4.69, 9.17) is 15.2 Å². The molecular formula is C17H26N2O2. The predicted octanol–water partition coefficient (Wildman–Crippen LogP) is 2.58. The van der Waals surface area contributed by atoms with E-state index in [1.54, 1.807) is 0 Å². The largest absolute Gasteiger partial charge is 0.486 e. The summed E-state index contributed by atoms with van der Waals surface area (Å²) >= 11 is 0. The van der Waals surface area contributed by atoms with E-state index in [2.05, 4.69) is 30.9 Å². The third-order valence-corrected chi connectivity index (χ3v) is 4.74. The zero-order valence-electron chi connectivity index (χ0n) is 13.0. The molecule has 2 aliphatic rings. The molecule has 2 aliphatic heterocycles. The van der Waals surface area contributed by atoms with E-state index in [0.29, 0.717) is 25.8 Å². The number of fused-ring (bicyclic) bond motifs is 1. The topological polar surface area (TPSA) is 47.7 Å². The van der Waals surface area contributed by atoms with Crippen molar-refractivity contribution >= 4 is 0 Å². The maximum atomic E-state index is 6.11. The molecule has 0 aromatic heterocycles. The molecule has 4 nitrogen and oxygen atoms in total. The summed E-state index contributed by atoms with van der Waals surface area (Å²) in [6.07, 6.45) is 2.57. The van der Waals surface area contributed by atoms with Gasteiger partial charge in [0.15, 0.2) is 11.5 Å². The van der Waals surface area contributed by atoms with Crippen molar-refractivity contribution in [3.05, 3.63) is 23.8 Å². The standard InChI is InChI=1S/C17H26N2O2/c1-12-3-4-13(2)19(11-12)15(10-18)14-5-6-16-17(9-14)21-8-7-20-16/h5-6,9,12-13,15H,3-4,7-8,10-11,18H2,1-2H3. The maximum absolute atomic E-state index is 6.11. The van der Waals surface area contributed by atoms with Crippen LogP contribution in [0.2, 0.25) is 0 Å². The monoisotopic (exact) mass is 290 g/mol. The third kappa shape index (κ3) is 3.01. The summed E-state index contributed by atoms with van der Waals surface area (Å²) in [7, 11) is 0. The Hall–Kier alpha value is -1.26. The first-order valence-electron chi connectivity index (χ1n) is 8.04. The van der Waals surface area contributed by atoms with Crippen molar-refractivity contribution in [2.45, 2.75) is 38.8 Å². The molecule has 3 rings (SSSR count). The van der Waals surface area contributed by atoms with Gasteiger partial charge in [-0.15, -0.1) is 0 Å². The van der Waals surface area contributed by atoms with Crippen molar-refractivity contribution in [3.8, 4) is 11.5 Å². The number of ether oxygens (including phenoxy) is 2. The first kappa shape index (κ1) is 14.7. The van der Waals surface area contributed by atoms with Crippen molar-refractivity contribution in [2.75, 3.05) is 26.3 Å². The van der Waals surface area contributed by atoms with E-state index in [0.717, 1.165) is 24.0 Å². The highest BCUT2D eigenvalue weighted by Gasteiger charge is 2.30. The van der Waals surface area contributed by atoms with E-state index in [-0.39, 0.29) is 6.04 Å². The third-order valence-electron chi connectivity index (χ3n) is 4.74. The number of hydrogen-bond acceptors (Lipinski definition) is 4. The maximum Gasteiger partial charge on any atom is 0.161 e. The fraction of sp³-hybridized carbons (Fsp3) is 0.647. The van der Waals surface area contributed by atoms with E-state index in [9.17, 15) is 0 Å². The van der Waals surface area contributed by atoms with Gasteiger partial charge in [-0.2, -0.15) is 0 Å². The number of hydrogen-bond donors (Lipinski definition) is 1. The Morgan fingerprint density at radius 2 is 1.95 bits per heavy atom. The molecule has 21 heavy (non-hydrogen) atoms. The molecule has 3 atom stereocenters. The summed E-state index contributed by atoms with van der Waals surface area (Å²) in [5, 5.41) is 0. The molecular weight excluding hydrogens is 264 g/mol. The second kappa shape index (κ2) is 6.24. The van der Waals surface area contributed by atoms with Gasteiger partial charge in [0, 0.05) is 25.2 Å². The summed E-state index contributed by atoms with van der Waals surface area (Å²) in [6, 6.07) is 7.11. The number of nitrogens with zero attached hydrogens (tertiary/aromatic N) is 1. The SMILES string of the molecule is CC1CCC(C)N(C(CN)c2ccc3c(c2)OCCO3)C1. The normalized spacial score (nSPS) is 27.4. The van der Waals surface area contributed by atoms with Gasteiger partial charge in [0.2, 0.25) is 0 Å². The molecule has 0 radical (unpaired) electrons. The molecule has 0 bridgehead atoms. The summed E-state index contributed by atoms with van der Waals surface area (Å²) in [6.45, 7) is 7.66. The van der Waals surface area contributed by atoms with Crippen molar-refractivity contribution in [1.82, 2.24) is 4.90 Å². The summed E-state index contributed by atoms with van der Waals surface area (Å²) < 4.78 is 11.3. The van der Waals surface area contributed by atoms with Gasteiger partial charge in [0.1, 0.15) is 13.2 Å². The molecule has 2 heterocycles. The Kier molecular flexibility index (Phi) is 4.36. The Labute approximate surface area is 127 Å². The number of piperidine rings is 1. The Balaban J connectivity index is 1.85. The van der Waals surface area contributed by atoms with Gasteiger partial charge in [0.05, 0.1) is 0 Å². The molecule has 3 unspecified atom stereocenters. The Morgan fingerprint density at radius 3 is 2.71 bits per heavy atom. The number of nitrogens with two attached hydrogens (primary N) is 1. The fourth-order valence-corrected chi connectivity index (χ4v) is 3.49. The lowest BCUT2D eigenvalue weighted by Gasteiger charge is -2.42. The van der Waals surface area contributed by atoms with Crippen LogP contribution in [0, 0.1) is 5.92 Å². The second-order valence-electron chi connectivity index (χ2n) is 6.38. The number of benzene rings is 1. The van der Waals surface area contributed by atoms with Gasteiger partial charge in [0.25, 0.3) is 0 Å². The Morgan fingerprint density at radius 1 is 1.19 bits per heavy atom. The van der Waals surface area contributed by atoms with Crippen molar-refractivity contribution < 1.29 is 9.47 Å². The van der Waals surface area contributed by atoms with Crippen LogP contribution >= 0.6 is 0 Å². The molecule has 1 aromatic rings. The molecule has 0 amide bonds. The Bertz CT molecular complexity index is 492. The van der Waals surface area contributed by atoms with E-state index < -0.39 is 0 Å². The van der Waals surface area contributed by atoms with Crippen LogP contribution in [0.5, 0.6) is 11.5 Å². The highest BCUT2D eigenvalue weighted by Crippen LogP contribution is 2.36. The van der Waals surface area contributed by atoms with Crippen LogP contribution in [-0.2, 0) is 0 Å². The minimum absolute atomic E-state index is 0.263. The molecule has 1 fully saturated rings. The molecule has 0 aliphatic carbocycles. The molecule has 0 spiro atoms. The fourth-order valence-electron chi connectivity index (χ4n) is 3.49. The molecule has 4 heteroatoms. The molecule has 1 saturated heterocycles. The van der Waals surface area contributed by atoms with Gasteiger partial charge in [-0.25, -0.2) is 0 Å². The minimum atomic E-state index is 0.263. The summed E-state index contributed by atoms with van der Waals surface area (Å²) in [5.74, 6) is 2.45. The van der Waals surface area contributed by atoms with Crippen LogP contribution in [0.1, 0.15) is 38.3 Å². The first-order chi connectivity index (χ1) is 10.2. The highest BCUT2D eigenvalue weighted by molar-refractivity contribution is 5.44. The van der Waals surface area contributed by atoms with Gasteiger partial charge < -0.3 is 15.2 Å². The average molecular weight is 290 g/mol. The first-order valence-corrected chi connectivity index (χ1v) is 8.04. The second-order valence-corrected chi connectivity index (χ2v) is 6.38. The predicted molar refractivity (Wildman–Crippen MR) is 83.8 cm³/mol. The van der Waals surface area contributed by atoms with Crippen LogP contribution in [-0.4, -0.2) is 37.2 Å². The van der Waals surface area contributed by atoms with Crippen LogP contribution in [0.4, 0.5) is 0 Å². The van der Waals surface area contributed by atoms with E-state index in [1.807, 2.05) is 6.07 Å². The van der Waals surface area contributed by atoms with Crippen LogP contribution in [0.3, 0.4) is 0 Å². The van der Waals surface area contributed by atoms with Crippen molar-refractivity contribution in [2.24, 2.45) is 11.7 Å². The quantitative estimate of drug-likeness (QED) is 0.929. The van der Waals surface area contributed by atoms with Crippen LogP contribution in [0.15, 0.2) is 18.2 Å². The van der Waals surface area contributed by atoms with Gasteiger partial charge in [-0.3, -0.25) is 4.90 Å². The molecule has 0 saturated carbocycles.